The van der Waals surface area contributed by atoms with Crippen molar-refractivity contribution in [2.24, 2.45) is 0 Å². The first-order valence-electron chi connectivity index (χ1n) is 9.25. The fourth-order valence-corrected chi connectivity index (χ4v) is 3.23. The average molecular weight is 343 g/mol. The lowest BCUT2D eigenvalue weighted by Crippen LogP contribution is -2.29. The van der Waals surface area contributed by atoms with Crippen LogP contribution >= 0.6 is 0 Å². The fraction of sp³-hybridized carbons (Fsp3) is 0.208. The summed E-state index contributed by atoms with van der Waals surface area (Å²) in [5.74, 6) is 0.00404. The molecule has 0 saturated carbocycles. The van der Waals surface area contributed by atoms with Gasteiger partial charge in [-0.3, -0.25) is 4.79 Å². The zero-order chi connectivity index (χ0) is 18.2. The minimum absolute atomic E-state index is 0.00404. The Labute approximate surface area is 155 Å². The first-order chi connectivity index (χ1) is 12.8. The van der Waals surface area contributed by atoms with E-state index in [1.165, 1.54) is 5.56 Å². The van der Waals surface area contributed by atoms with E-state index in [9.17, 15) is 4.79 Å². The van der Waals surface area contributed by atoms with Gasteiger partial charge in [0.25, 0.3) is 5.91 Å². The second-order valence-corrected chi connectivity index (χ2v) is 6.49. The summed E-state index contributed by atoms with van der Waals surface area (Å²) in [6.07, 6.45) is 2.65. The molecule has 26 heavy (non-hydrogen) atoms. The van der Waals surface area contributed by atoms with Gasteiger partial charge < -0.3 is 5.32 Å². The van der Waals surface area contributed by atoms with E-state index in [0.717, 1.165) is 36.0 Å². The molecule has 0 aliphatic heterocycles. The maximum absolute atomic E-state index is 12.9. The Hall–Kier alpha value is -2.87. The summed E-state index contributed by atoms with van der Waals surface area (Å²) in [5, 5.41) is 3.20. The van der Waals surface area contributed by atoms with Gasteiger partial charge in [0.15, 0.2) is 0 Å². The number of amides is 1. The molecular formula is C24H25NO. The summed E-state index contributed by atoms with van der Waals surface area (Å²) in [7, 11) is 0. The topological polar surface area (TPSA) is 29.1 Å². The van der Waals surface area contributed by atoms with Crippen LogP contribution in [0, 0.1) is 0 Å². The largest absolute Gasteiger partial charge is 0.345 e. The minimum atomic E-state index is 0.00404. The van der Waals surface area contributed by atoms with Crippen molar-refractivity contribution in [3.8, 4) is 0 Å². The third-order valence-corrected chi connectivity index (χ3v) is 4.70. The SMILES string of the molecule is CC[C@H](NC(=O)c1ccccc1CCc1ccccc1)c1ccccc1. The van der Waals surface area contributed by atoms with Crippen molar-refractivity contribution in [2.75, 3.05) is 0 Å². The van der Waals surface area contributed by atoms with Gasteiger partial charge >= 0.3 is 0 Å². The van der Waals surface area contributed by atoms with Crippen LogP contribution in [0.3, 0.4) is 0 Å². The van der Waals surface area contributed by atoms with E-state index in [1.54, 1.807) is 0 Å². The van der Waals surface area contributed by atoms with Crippen LogP contribution in [-0.2, 0) is 12.8 Å². The quantitative estimate of drug-likeness (QED) is 0.615. The molecule has 3 aromatic carbocycles. The summed E-state index contributed by atoms with van der Waals surface area (Å²) in [6, 6.07) is 28.5. The molecule has 1 N–H and O–H groups in total. The Morgan fingerprint density at radius 2 is 1.42 bits per heavy atom. The van der Waals surface area contributed by atoms with Gasteiger partial charge in [-0.1, -0.05) is 85.8 Å². The molecule has 0 unspecified atom stereocenters. The van der Waals surface area contributed by atoms with Crippen LogP contribution in [0.1, 0.15) is 46.4 Å². The maximum Gasteiger partial charge on any atom is 0.252 e. The lowest BCUT2D eigenvalue weighted by atomic mass is 9.98. The van der Waals surface area contributed by atoms with E-state index in [4.69, 9.17) is 0 Å². The number of rotatable bonds is 7. The van der Waals surface area contributed by atoms with Crippen molar-refractivity contribution < 1.29 is 4.79 Å². The van der Waals surface area contributed by atoms with Crippen LogP contribution < -0.4 is 5.32 Å². The zero-order valence-corrected chi connectivity index (χ0v) is 15.2. The lowest BCUT2D eigenvalue weighted by Gasteiger charge is -2.18. The van der Waals surface area contributed by atoms with Gasteiger partial charge in [-0.15, -0.1) is 0 Å². The predicted molar refractivity (Wildman–Crippen MR) is 107 cm³/mol. The Morgan fingerprint density at radius 1 is 0.808 bits per heavy atom. The number of aryl methyl sites for hydroxylation is 2. The minimum Gasteiger partial charge on any atom is -0.345 e. The van der Waals surface area contributed by atoms with Gasteiger partial charge in [0.2, 0.25) is 0 Å². The van der Waals surface area contributed by atoms with Crippen LogP contribution in [0.4, 0.5) is 0 Å². The number of hydrogen-bond donors (Lipinski definition) is 1. The molecule has 0 bridgehead atoms. The average Bonchev–Trinajstić information content (AvgIpc) is 2.72. The van der Waals surface area contributed by atoms with Crippen LogP contribution in [0.5, 0.6) is 0 Å². The normalized spacial score (nSPS) is 11.7. The summed E-state index contributed by atoms with van der Waals surface area (Å²) in [6.45, 7) is 2.10. The first-order valence-corrected chi connectivity index (χ1v) is 9.25. The Balaban J connectivity index is 1.73. The van der Waals surface area contributed by atoms with Crippen molar-refractivity contribution in [1.82, 2.24) is 5.32 Å². The van der Waals surface area contributed by atoms with Crippen molar-refractivity contribution in [1.29, 1.82) is 0 Å². The molecule has 2 nitrogen and oxygen atoms in total. The number of nitrogens with one attached hydrogen (secondary N) is 1. The highest BCUT2D eigenvalue weighted by molar-refractivity contribution is 5.96. The Morgan fingerprint density at radius 3 is 2.12 bits per heavy atom. The number of hydrogen-bond acceptors (Lipinski definition) is 1. The molecule has 2 heteroatoms. The molecule has 0 saturated heterocycles. The first kappa shape index (κ1) is 17.9. The van der Waals surface area contributed by atoms with E-state index in [2.05, 4.69) is 54.7 Å². The maximum atomic E-state index is 12.9. The second-order valence-electron chi connectivity index (χ2n) is 6.49. The highest BCUT2D eigenvalue weighted by Crippen LogP contribution is 2.19. The fourth-order valence-electron chi connectivity index (χ4n) is 3.23. The van der Waals surface area contributed by atoms with Crippen LogP contribution in [0.25, 0.3) is 0 Å². The highest BCUT2D eigenvalue weighted by atomic mass is 16.1. The van der Waals surface area contributed by atoms with Crippen molar-refractivity contribution in [3.63, 3.8) is 0 Å². The van der Waals surface area contributed by atoms with Gasteiger partial charge in [0, 0.05) is 5.56 Å². The molecule has 0 aromatic heterocycles. The lowest BCUT2D eigenvalue weighted by molar-refractivity contribution is 0.0934. The van der Waals surface area contributed by atoms with Gasteiger partial charge in [0.05, 0.1) is 6.04 Å². The molecule has 3 rings (SSSR count). The Kier molecular flexibility index (Phi) is 6.21. The number of benzene rings is 3. The van der Waals surface area contributed by atoms with Crippen molar-refractivity contribution >= 4 is 5.91 Å². The number of carbonyl (C=O) groups excluding carboxylic acids is 1. The summed E-state index contributed by atoms with van der Waals surface area (Å²) in [5.41, 5.74) is 4.30. The zero-order valence-electron chi connectivity index (χ0n) is 15.2. The molecule has 0 aliphatic carbocycles. The number of carbonyl (C=O) groups is 1. The molecule has 0 fully saturated rings. The standard InChI is InChI=1S/C24H25NO/c1-2-23(21-14-7-4-8-15-21)25-24(26)22-16-10-9-13-20(22)18-17-19-11-5-3-6-12-19/h3-16,23H,2,17-18H2,1H3,(H,25,26)/t23-/m0/s1. The summed E-state index contributed by atoms with van der Waals surface area (Å²) < 4.78 is 0. The van der Waals surface area contributed by atoms with Gasteiger partial charge in [-0.25, -0.2) is 0 Å². The van der Waals surface area contributed by atoms with Gasteiger partial charge in [-0.2, -0.15) is 0 Å². The van der Waals surface area contributed by atoms with Gasteiger partial charge in [0.1, 0.15) is 0 Å². The van der Waals surface area contributed by atoms with E-state index >= 15 is 0 Å². The monoisotopic (exact) mass is 343 g/mol. The highest BCUT2D eigenvalue weighted by Gasteiger charge is 2.16. The van der Waals surface area contributed by atoms with Crippen molar-refractivity contribution in [2.45, 2.75) is 32.2 Å². The van der Waals surface area contributed by atoms with Crippen LogP contribution in [-0.4, -0.2) is 5.91 Å². The second kappa shape index (κ2) is 9.00. The van der Waals surface area contributed by atoms with Crippen LogP contribution in [0.15, 0.2) is 84.9 Å². The molecule has 0 aliphatic rings. The molecule has 3 aromatic rings. The molecule has 1 amide bonds. The molecule has 1 atom stereocenters. The smallest absolute Gasteiger partial charge is 0.252 e. The van der Waals surface area contributed by atoms with Crippen molar-refractivity contribution in [3.05, 3.63) is 107 Å². The van der Waals surface area contributed by atoms with Gasteiger partial charge in [-0.05, 0) is 42.0 Å². The van der Waals surface area contributed by atoms with Crippen LogP contribution in [0.2, 0.25) is 0 Å². The molecular weight excluding hydrogens is 318 g/mol. The van der Waals surface area contributed by atoms with E-state index < -0.39 is 0 Å². The van der Waals surface area contributed by atoms with E-state index in [0.29, 0.717) is 0 Å². The predicted octanol–water partition coefficient (Wildman–Crippen LogP) is 5.35. The molecule has 0 radical (unpaired) electrons. The summed E-state index contributed by atoms with van der Waals surface area (Å²) in [4.78, 5) is 12.9. The molecule has 132 valence electrons. The summed E-state index contributed by atoms with van der Waals surface area (Å²) >= 11 is 0. The third kappa shape index (κ3) is 4.60. The molecule has 0 heterocycles. The van der Waals surface area contributed by atoms with E-state index in [1.807, 2.05) is 42.5 Å². The Bertz CT molecular complexity index is 827. The van der Waals surface area contributed by atoms with E-state index in [-0.39, 0.29) is 11.9 Å². The molecule has 0 spiro atoms. The third-order valence-electron chi connectivity index (χ3n) is 4.70.